The molecule has 1 aromatic heterocycles. The van der Waals surface area contributed by atoms with Gasteiger partial charge in [-0.25, -0.2) is 0 Å². The van der Waals surface area contributed by atoms with Gasteiger partial charge >= 0.3 is 0 Å². The predicted molar refractivity (Wildman–Crippen MR) is 239 cm³/mol. The lowest BCUT2D eigenvalue weighted by atomic mass is 9.94. The molecule has 0 bridgehead atoms. The van der Waals surface area contributed by atoms with Crippen molar-refractivity contribution in [2.24, 2.45) is 0 Å². The number of hydrogen-bond acceptors (Lipinski definition) is 1. The van der Waals surface area contributed by atoms with Crippen LogP contribution in [0.2, 0.25) is 0 Å². The highest BCUT2D eigenvalue weighted by Gasteiger charge is 2.21. The zero-order chi connectivity index (χ0) is 37.0. The van der Waals surface area contributed by atoms with Crippen LogP contribution >= 0.6 is 0 Å². The van der Waals surface area contributed by atoms with Crippen molar-refractivity contribution in [1.29, 1.82) is 0 Å². The Bertz CT molecular complexity index is 3190. The Balaban J connectivity index is 1.08. The average Bonchev–Trinajstić information content (AvgIpc) is 3.61. The van der Waals surface area contributed by atoms with Gasteiger partial charge < -0.3 is 9.47 Å². The molecule has 0 aliphatic carbocycles. The summed E-state index contributed by atoms with van der Waals surface area (Å²) in [6.07, 6.45) is 0. The van der Waals surface area contributed by atoms with E-state index in [2.05, 4.69) is 228 Å². The molecule has 11 rings (SSSR count). The molecule has 0 amide bonds. The standard InChI is InChI=1S/C54H36N2/c1-2-14-41-36-42(25-24-37(41)12-1)38-26-31-43(32-27-38)55(53-22-9-10-23-54(53)56-51-20-7-5-16-49(51)50-17-6-8-21-52(50)56)44-33-28-40(29-34-44)46-18-11-19-47-45-15-4-3-13-39(45)30-35-48(46)47/h1-36H. The lowest BCUT2D eigenvalue weighted by Crippen LogP contribution is -2.13. The van der Waals surface area contributed by atoms with Crippen molar-refractivity contribution >= 4 is 71.2 Å². The summed E-state index contributed by atoms with van der Waals surface area (Å²) in [5.74, 6) is 0. The molecule has 0 unspecified atom stereocenters. The minimum absolute atomic E-state index is 1.09. The molecule has 1 heterocycles. The Kier molecular flexibility index (Phi) is 7.53. The molecule has 0 aliphatic rings. The number of anilines is 3. The van der Waals surface area contributed by atoms with Gasteiger partial charge in [-0.05, 0) is 109 Å². The van der Waals surface area contributed by atoms with Crippen LogP contribution in [0.25, 0.3) is 82.1 Å². The van der Waals surface area contributed by atoms with E-state index in [9.17, 15) is 0 Å². The Morgan fingerprint density at radius 2 is 0.839 bits per heavy atom. The molecule has 0 saturated carbocycles. The van der Waals surface area contributed by atoms with Crippen LogP contribution < -0.4 is 4.90 Å². The summed E-state index contributed by atoms with van der Waals surface area (Å²) in [7, 11) is 0. The molecule has 0 aliphatic heterocycles. The number of rotatable bonds is 6. The van der Waals surface area contributed by atoms with Gasteiger partial charge in [-0.15, -0.1) is 0 Å². The molecule has 0 saturated heterocycles. The number of para-hydroxylation sites is 4. The van der Waals surface area contributed by atoms with E-state index in [0.29, 0.717) is 0 Å². The second-order valence-electron chi connectivity index (χ2n) is 14.5. The smallest absolute Gasteiger partial charge is 0.0702 e. The van der Waals surface area contributed by atoms with Crippen LogP contribution in [0, 0.1) is 0 Å². The van der Waals surface area contributed by atoms with Gasteiger partial charge in [0.15, 0.2) is 0 Å². The van der Waals surface area contributed by atoms with Gasteiger partial charge in [-0.2, -0.15) is 0 Å². The number of aromatic nitrogens is 1. The summed E-state index contributed by atoms with van der Waals surface area (Å²) < 4.78 is 2.42. The maximum absolute atomic E-state index is 2.42. The van der Waals surface area contributed by atoms with Crippen LogP contribution in [0.5, 0.6) is 0 Å². The number of benzene rings is 10. The topological polar surface area (TPSA) is 8.17 Å². The highest BCUT2D eigenvalue weighted by molar-refractivity contribution is 6.12. The molecule has 10 aromatic carbocycles. The zero-order valence-electron chi connectivity index (χ0n) is 30.7. The summed E-state index contributed by atoms with van der Waals surface area (Å²) in [5.41, 5.74) is 11.6. The van der Waals surface area contributed by atoms with Gasteiger partial charge in [-0.3, -0.25) is 0 Å². The Morgan fingerprint density at radius 3 is 1.57 bits per heavy atom. The van der Waals surface area contributed by atoms with Crippen molar-refractivity contribution in [1.82, 2.24) is 4.57 Å². The summed E-state index contributed by atoms with van der Waals surface area (Å²) in [4.78, 5) is 2.41. The van der Waals surface area contributed by atoms with Crippen LogP contribution in [0.15, 0.2) is 218 Å². The average molecular weight is 713 g/mol. The predicted octanol–water partition coefficient (Wildman–Crippen LogP) is 15.0. The van der Waals surface area contributed by atoms with Crippen molar-refractivity contribution in [3.8, 4) is 27.9 Å². The lowest BCUT2D eigenvalue weighted by Gasteiger charge is -2.28. The third-order valence-electron chi connectivity index (χ3n) is 11.4. The largest absolute Gasteiger partial charge is 0.308 e. The van der Waals surface area contributed by atoms with E-state index >= 15 is 0 Å². The quantitative estimate of drug-likeness (QED) is 0.156. The first kappa shape index (κ1) is 32.0. The molecule has 0 atom stereocenters. The van der Waals surface area contributed by atoms with Crippen molar-refractivity contribution in [3.05, 3.63) is 218 Å². The molecular weight excluding hydrogens is 677 g/mol. The molecule has 0 radical (unpaired) electrons. The number of nitrogens with zero attached hydrogens (tertiary/aromatic N) is 2. The summed E-state index contributed by atoms with van der Waals surface area (Å²) >= 11 is 0. The van der Waals surface area contributed by atoms with E-state index in [1.807, 2.05) is 0 Å². The molecule has 0 fully saturated rings. The van der Waals surface area contributed by atoms with Crippen molar-refractivity contribution < 1.29 is 0 Å². The van der Waals surface area contributed by atoms with E-state index in [-0.39, 0.29) is 0 Å². The first-order valence-corrected chi connectivity index (χ1v) is 19.3. The van der Waals surface area contributed by atoms with E-state index in [0.717, 1.165) is 22.7 Å². The highest BCUT2D eigenvalue weighted by Crippen LogP contribution is 2.43. The fourth-order valence-electron chi connectivity index (χ4n) is 8.71. The monoisotopic (exact) mass is 712 g/mol. The maximum Gasteiger partial charge on any atom is 0.0702 e. The molecule has 0 N–H and O–H groups in total. The lowest BCUT2D eigenvalue weighted by molar-refractivity contribution is 1.15. The van der Waals surface area contributed by atoms with Crippen molar-refractivity contribution in [2.75, 3.05) is 4.90 Å². The highest BCUT2D eigenvalue weighted by atomic mass is 15.2. The molecule has 2 nitrogen and oxygen atoms in total. The SMILES string of the molecule is c1ccc(-n2c3ccccc3c3ccccc32)c(N(c2ccc(-c3ccc4ccccc4c3)cc2)c2ccc(-c3cccc4c3ccc3ccccc34)cc2)c1. The second-order valence-corrected chi connectivity index (χ2v) is 14.5. The Morgan fingerprint density at radius 1 is 0.304 bits per heavy atom. The maximum atomic E-state index is 2.42. The summed E-state index contributed by atoms with van der Waals surface area (Å²) in [5, 5.41) is 10.1. The molecule has 2 heteroatoms. The van der Waals surface area contributed by atoms with Gasteiger partial charge in [0.2, 0.25) is 0 Å². The zero-order valence-corrected chi connectivity index (χ0v) is 30.7. The van der Waals surface area contributed by atoms with E-state index in [4.69, 9.17) is 0 Å². The first-order chi connectivity index (χ1) is 27.8. The van der Waals surface area contributed by atoms with Crippen LogP contribution in [0.1, 0.15) is 0 Å². The van der Waals surface area contributed by atoms with Gasteiger partial charge in [0.25, 0.3) is 0 Å². The fourth-order valence-corrected chi connectivity index (χ4v) is 8.71. The Labute approximate surface area is 325 Å². The van der Waals surface area contributed by atoms with Gasteiger partial charge in [0.05, 0.1) is 22.4 Å². The molecule has 0 spiro atoms. The van der Waals surface area contributed by atoms with Crippen LogP contribution in [-0.4, -0.2) is 4.57 Å². The van der Waals surface area contributed by atoms with Crippen LogP contribution in [-0.2, 0) is 0 Å². The van der Waals surface area contributed by atoms with Crippen molar-refractivity contribution in [2.45, 2.75) is 0 Å². The normalized spacial score (nSPS) is 11.6. The van der Waals surface area contributed by atoms with E-state index < -0.39 is 0 Å². The molecule has 262 valence electrons. The first-order valence-electron chi connectivity index (χ1n) is 19.3. The molecular formula is C54H36N2. The van der Waals surface area contributed by atoms with Gasteiger partial charge in [-0.1, -0.05) is 164 Å². The molecule has 56 heavy (non-hydrogen) atoms. The van der Waals surface area contributed by atoms with Crippen molar-refractivity contribution in [3.63, 3.8) is 0 Å². The fraction of sp³-hybridized carbons (Fsp3) is 0. The number of hydrogen-bond donors (Lipinski definition) is 0. The van der Waals surface area contributed by atoms with Gasteiger partial charge in [0.1, 0.15) is 0 Å². The van der Waals surface area contributed by atoms with Crippen LogP contribution in [0.4, 0.5) is 17.1 Å². The van der Waals surface area contributed by atoms with Crippen LogP contribution in [0.3, 0.4) is 0 Å². The summed E-state index contributed by atoms with van der Waals surface area (Å²) in [6, 6.07) is 79.5. The van der Waals surface area contributed by atoms with E-state index in [1.54, 1.807) is 0 Å². The summed E-state index contributed by atoms with van der Waals surface area (Å²) in [6.45, 7) is 0. The minimum atomic E-state index is 1.09. The minimum Gasteiger partial charge on any atom is -0.308 e. The second kappa shape index (κ2) is 13.2. The Hall–Kier alpha value is -7.42. The van der Waals surface area contributed by atoms with Gasteiger partial charge in [0, 0.05) is 22.1 Å². The molecule has 11 aromatic rings. The third-order valence-corrected chi connectivity index (χ3v) is 11.4. The third kappa shape index (κ3) is 5.26. The number of fused-ring (bicyclic) bond motifs is 7. The van der Waals surface area contributed by atoms with E-state index in [1.165, 1.54) is 76.4 Å².